The highest BCUT2D eigenvalue weighted by Gasteiger charge is 2.45. The number of esters is 1. The van der Waals surface area contributed by atoms with E-state index in [9.17, 15) is 55.5 Å². The van der Waals surface area contributed by atoms with E-state index in [0.717, 1.165) is 36.4 Å². The second kappa shape index (κ2) is 10.5. The predicted molar refractivity (Wildman–Crippen MR) is 138 cm³/mol. The van der Waals surface area contributed by atoms with Crippen LogP contribution in [-0.2, 0) is 9.47 Å². The summed E-state index contributed by atoms with van der Waals surface area (Å²) in [5, 5.41) is 89.1. The average Bonchev–Trinajstić information content (AvgIpc) is 3.20. The lowest BCUT2D eigenvalue weighted by molar-refractivity contribution is -0.117. The van der Waals surface area contributed by atoms with Gasteiger partial charge in [-0.15, -0.1) is 0 Å². The highest BCUT2D eigenvalue weighted by molar-refractivity contribution is 5.91. The summed E-state index contributed by atoms with van der Waals surface area (Å²) in [5.41, 5.74) is -1.62. The van der Waals surface area contributed by atoms with Crippen molar-refractivity contribution in [1.82, 2.24) is 0 Å². The second-order valence-electron chi connectivity index (χ2n) is 9.23. The van der Waals surface area contributed by atoms with Crippen LogP contribution in [0.5, 0.6) is 46.0 Å². The number of phenolic OH excluding ortho intramolecular Hbond substituents is 6. The molecule has 1 aliphatic heterocycles. The first kappa shape index (κ1) is 28.2. The van der Waals surface area contributed by atoms with E-state index in [0.29, 0.717) is 0 Å². The number of carbonyl (C=O) groups is 1. The molecule has 3 aromatic carbocycles. The van der Waals surface area contributed by atoms with Crippen molar-refractivity contribution in [2.75, 3.05) is 6.61 Å². The Morgan fingerprint density at radius 2 is 1.48 bits per heavy atom. The number of ether oxygens (including phenoxy) is 3. The monoisotopic (exact) mass is 586 g/mol. The number of rotatable bonds is 6. The Kier molecular flexibility index (Phi) is 7.07. The second-order valence-corrected chi connectivity index (χ2v) is 9.23. The zero-order chi connectivity index (χ0) is 30.5. The molecular formula is C27H22O15. The molecule has 4 atom stereocenters. The molecule has 1 saturated heterocycles. The zero-order valence-electron chi connectivity index (χ0n) is 21.0. The van der Waals surface area contributed by atoms with Crippen molar-refractivity contribution in [3.63, 3.8) is 0 Å². The van der Waals surface area contributed by atoms with Crippen molar-refractivity contribution < 1.29 is 69.4 Å². The molecule has 1 fully saturated rings. The number of phenols is 6. The van der Waals surface area contributed by atoms with Gasteiger partial charge in [-0.25, -0.2) is 4.79 Å². The van der Waals surface area contributed by atoms with Crippen LogP contribution in [0.15, 0.2) is 51.7 Å². The number of carbonyl (C=O) groups excluding carboxylic acids is 1. The summed E-state index contributed by atoms with van der Waals surface area (Å²) in [5.74, 6) is -6.64. The first-order chi connectivity index (χ1) is 19.8. The largest absolute Gasteiger partial charge is 0.507 e. The molecule has 0 bridgehead atoms. The number of aliphatic hydroxyl groups excluding tert-OH is 2. The molecule has 42 heavy (non-hydrogen) atoms. The average molecular weight is 586 g/mol. The Morgan fingerprint density at radius 1 is 0.786 bits per heavy atom. The van der Waals surface area contributed by atoms with Gasteiger partial charge in [0.25, 0.3) is 0 Å². The van der Waals surface area contributed by atoms with E-state index in [1.807, 2.05) is 0 Å². The van der Waals surface area contributed by atoms with Crippen molar-refractivity contribution in [3.05, 3.63) is 58.3 Å². The van der Waals surface area contributed by atoms with Crippen molar-refractivity contribution in [2.24, 2.45) is 0 Å². The number of fused-ring (bicyclic) bond motifs is 1. The summed E-state index contributed by atoms with van der Waals surface area (Å²) in [7, 11) is 0. The van der Waals surface area contributed by atoms with Gasteiger partial charge in [0.15, 0.2) is 34.5 Å². The third-order valence-corrected chi connectivity index (χ3v) is 6.42. The normalized spacial score (nSPS) is 20.0. The van der Waals surface area contributed by atoms with Gasteiger partial charge in [-0.2, -0.15) is 0 Å². The molecule has 0 radical (unpaired) electrons. The Labute approximate surface area is 233 Å². The first-order valence-electron chi connectivity index (χ1n) is 12.0. The van der Waals surface area contributed by atoms with Crippen LogP contribution >= 0.6 is 0 Å². The Bertz CT molecular complexity index is 1740. The summed E-state index contributed by atoms with van der Waals surface area (Å²) in [6.07, 6.45) is -6.19. The van der Waals surface area contributed by atoms with Crippen LogP contribution in [0.4, 0.5) is 0 Å². The molecule has 0 amide bonds. The smallest absolute Gasteiger partial charge is 0.338 e. The molecule has 15 heteroatoms. The third kappa shape index (κ3) is 4.98. The minimum absolute atomic E-state index is 0.0143. The van der Waals surface area contributed by atoms with Gasteiger partial charge in [-0.05, 0) is 30.3 Å². The number of aromatic hydroxyl groups is 7. The quantitative estimate of drug-likeness (QED) is 0.113. The molecule has 1 aromatic heterocycles. The lowest BCUT2D eigenvalue weighted by Crippen LogP contribution is -2.36. The number of hydrogen-bond donors (Lipinski definition) is 9. The highest BCUT2D eigenvalue weighted by atomic mass is 16.7. The van der Waals surface area contributed by atoms with Crippen LogP contribution in [0.1, 0.15) is 10.4 Å². The van der Waals surface area contributed by atoms with E-state index in [-0.39, 0.29) is 22.5 Å². The van der Waals surface area contributed by atoms with Gasteiger partial charge < -0.3 is 64.6 Å². The van der Waals surface area contributed by atoms with Gasteiger partial charge in [-0.1, -0.05) is 0 Å². The summed E-state index contributed by atoms with van der Waals surface area (Å²) in [6, 6.07) is 7.15. The fourth-order valence-corrected chi connectivity index (χ4v) is 4.24. The van der Waals surface area contributed by atoms with Crippen LogP contribution in [-0.4, -0.2) is 83.1 Å². The maximum absolute atomic E-state index is 12.8. The van der Waals surface area contributed by atoms with Crippen molar-refractivity contribution in [1.29, 1.82) is 0 Å². The Hall–Kier alpha value is -5.38. The maximum Gasteiger partial charge on any atom is 0.338 e. The molecule has 220 valence electrons. The molecule has 2 heterocycles. The SMILES string of the molecule is O=C(OC[C@@H]1O[C@@H](Oc2cc(O)c3c(=O)c(O)c(-c4ccc(O)c(O)c4)oc3c2)[C@H](O)[C@H]1O)c1cc(O)c(O)c(O)c1. The molecule has 15 nitrogen and oxygen atoms in total. The molecule has 0 saturated carbocycles. The first-order valence-corrected chi connectivity index (χ1v) is 12.0. The minimum Gasteiger partial charge on any atom is -0.507 e. The van der Waals surface area contributed by atoms with Gasteiger partial charge in [0.1, 0.15) is 47.4 Å². The van der Waals surface area contributed by atoms with E-state index < -0.39 is 94.0 Å². The molecule has 1 aliphatic rings. The summed E-state index contributed by atoms with van der Waals surface area (Å²) in [4.78, 5) is 25.1. The van der Waals surface area contributed by atoms with Gasteiger partial charge in [0.2, 0.25) is 17.5 Å². The minimum atomic E-state index is -1.68. The van der Waals surface area contributed by atoms with Gasteiger partial charge >= 0.3 is 5.97 Å². The van der Waals surface area contributed by atoms with E-state index in [1.54, 1.807) is 0 Å². The van der Waals surface area contributed by atoms with Gasteiger partial charge in [-0.3, -0.25) is 4.79 Å². The number of benzene rings is 3. The number of aliphatic hydroxyl groups is 2. The highest BCUT2D eigenvalue weighted by Crippen LogP contribution is 2.39. The molecule has 0 spiro atoms. The molecule has 9 N–H and O–H groups in total. The number of hydrogen-bond acceptors (Lipinski definition) is 15. The van der Waals surface area contributed by atoms with Gasteiger partial charge in [0, 0.05) is 17.7 Å². The fourth-order valence-electron chi connectivity index (χ4n) is 4.24. The molecule has 4 aromatic rings. The maximum atomic E-state index is 12.8. The van der Waals surface area contributed by atoms with Crippen LogP contribution in [0.3, 0.4) is 0 Å². The van der Waals surface area contributed by atoms with E-state index >= 15 is 0 Å². The van der Waals surface area contributed by atoms with E-state index in [4.69, 9.17) is 18.6 Å². The molecule has 5 rings (SSSR count). The van der Waals surface area contributed by atoms with Crippen LogP contribution in [0.25, 0.3) is 22.3 Å². The third-order valence-electron chi connectivity index (χ3n) is 6.42. The van der Waals surface area contributed by atoms with Crippen molar-refractivity contribution in [2.45, 2.75) is 24.6 Å². The zero-order valence-corrected chi connectivity index (χ0v) is 21.0. The Morgan fingerprint density at radius 3 is 2.14 bits per heavy atom. The molecular weight excluding hydrogens is 564 g/mol. The standard InChI is InChI=1S/C27H22O15/c28-12-2-1-9(3-13(12)29)25-23(36)22(35)19-14(30)6-11(7-17(19)41-25)40-27-24(37)21(34)18(42-27)8-39-26(38)10-4-15(31)20(33)16(32)5-10/h1-7,18,21,24,27-34,36-37H,8H2/t18-,21-,24+,27+/m0/s1. The molecule has 0 unspecified atom stereocenters. The Balaban J connectivity index is 1.35. The van der Waals surface area contributed by atoms with Crippen LogP contribution in [0.2, 0.25) is 0 Å². The van der Waals surface area contributed by atoms with Gasteiger partial charge in [0.05, 0.1) is 5.56 Å². The topological polar surface area (TPSA) is 257 Å². The lowest BCUT2D eigenvalue weighted by Gasteiger charge is -2.17. The van der Waals surface area contributed by atoms with Crippen LogP contribution in [0, 0.1) is 0 Å². The summed E-state index contributed by atoms with van der Waals surface area (Å²) in [6.45, 7) is -0.612. The van der Waals surface area contributed by atoms with Crippen LogP contribution < -0.4 is 10.2 Å². The molecule has 0 aliphatic carbocycles. The van der Waals surface area contributed by atoms with Crippen molar-refractivity contribution in [3.8, 4) is 57.3 Å². The van der Waals surface area contributed by atoms with E-state index in [1.165, 1.54) is 6.07 Å². The lowest BCUT2D eigenvalue weighted by atomic mass is 10.1. The van der Waals surface area contributed by atoms with E-state index in [2.05, 4.69) is 0 Å². The fraction of sp³-hybridized carbons (Fsp3) is 0.185. The predicted octanol–water partition coefficient (Wildman–Crippen LogP) is 1.08. The summed E-state index contributed by atoms with van der Waals surface area (Å²) < 4.78 is 21.6. The van der Waals surface area contributed by atoms with Crippen molar-refractivity contribution >= 4 is 16.9 Å². The summed E-state index contributed by atoms with van der Waals surface area (Å²) >= 11 is 0.